The highest BCUT2D eigenvalue weighted by atomic mass is 79.9. The molecular formula is C23H19BrN4O. The summed E-state index contributed by atoms with van der Waals surface area (Å²) in [6, 6.07) is 19.8. The highest BCUT2D eigenvalue weighted by Crippen LogP contribution is 2.31. The number of nitrogens with zero attached hydrogens (tertiary/aromatic N) is 4. The van der Waals surface area contributed by atoms with Crippen molar-refractivity contribution in [2.45, 2.75) is 20.0 Å². The fourth-order valence-electron chi connectivity index (χ4n) is 3.83. The number of rotatable bonds is 3. The van der Waals surface area contributed by atoms with Gasteiger partial charge in [-0.2, -0.15) is 5.10 Å². The molecule has 5 nitrogen and oxygen atoms in total. The van der Waals surface area contributed by atoms with E-state index in [-0.39, 0.29) is 5.91 Å². The summed E-state index contributed by atoms with van der Waals surface area (Å²) in [4.78, 5) is 14.9. The second-order valence-corrected chi connectivity index (χ2v) is 8.18. The topological polar surface area (TPSA) is 43.1 Å². The molecule has 0 aliphatic carbocycles. The molecule has 29 heavy (non-hydrogen) atoms. The maximum absolute atomic E-state index is 13.0. The van der Waals surface area contributed by atoms with E-state index in [0.29, 0.717) is 18.7 Å². The van der Waals surface area contributed by atoms with E-state index in [1.165, 1.54) is 5.56 Å². The molecule has 3 heterocycles. The first-order valence-corrected chi connectivity index (χ1v) is 10.3. The van der Waals surface area contributed by atoms with Gasteiger partial charge in [0.15, 0.2) is 0 Å². The van der Waals surface area contributed by atoms with Gasteiger partial charge in [-0.25, -0.2) is 4.68 Å². The summed E-state index contributed by atoms with van der Waals surface area (Å²) in [5.41, 5.74) is 4.92. The van der Waals surface area contributed by atoms with Gasteiger partial charge in [0, 0.05) is 28.0 Å². The van der Waals surface area contributed by atoms with Gasteiger partial charge in [-0.05, 0) is 55.0 Å². The van der Waals surface area contributed by atoms with Crippen molar-refractivity contribution in [2.24, 2.45) is 0 Å². The van der Waals surface area contributed by atoms with Gasteiger partial charge >= 0.3 is 0 Å². The first-order chi connectivity index (χ1) is 14.1. The number of aromatic nitrogens is 3. The van der Waals surface area contributed by atoms with Crippen LogP contribution in [0, 0.1) is 6.92 Å². The fourth-order valence-corrected chi connectivity index (χ4v) is 4.23. The Balaban J connectivity index is 1.55. The quantitative estimate of drug-likeness (QED) is 0.449. The van der Waals surface area contributed by atoms with Crippen LogP contribution in [-0.2, 0) is 13.1 Å². The maximum atomic E-state index is 13.0. The average molecular weight is 447 g/mol. The third kappa shape index (κ3) is 3.19. The normalized spacial score (nSPS) is 13.0. The highest BCUT2D eigenvalue weighted by Gasteiger charge is 2.31. The lowest BCUT2D eigenvalue weighted by atomic mass is 10.2. The molecular weight excluding hydrogens is 428 g/mol. The molecule has 2 aromatic carbocycles. The molecule has 2 aromatic heterocycles. The van der Waals surface area contributed by atoms with E-state index >= 15 is 0 Å². The van der Waals surface area contributed by atoms with Gasteiger partial charge in [0.05, 0.1) is 24.5 Å². The van der Waals surface area contributed by atoms with Crippen LogP contribution < -0.4 is 0 Å². The molecule has 144 valence electrons. The van der Waals surface area contributed by atoms with Crippen LogP contribution in [0.25, 0.3) is 11.5 Å². The van der Waals surface area contributed by atoms with Crippen LogP contribution in [0.4, 0.5) is 0 Å². The SMILES string of the molecule is Cc1cccc(-n2nc3c(c2-n2cccc2)CN(C(=O)c2cccc(Br)c2)C3)c1. The van der Waals surface area contributed by atoms with Crippen molar-refractivity contribution in [3.63, 3.8) is 0 Å². The van der Waals surface area contributed by atoms with Crippen LogP contribution in [0.15, 0.2) is 77.5 Å². The Morgan fingerprint density at radius 2 is 1.79 bits per heavy atom. The Labute approximate surface area is 177 Å². The molecule has 0 radical (unpaired) electrons. The molecule has 1 aliphatic rings. The van der Waals surface area contributed by atoms with Crippen molar-refractivity contribution in [2.75, 3.05) is 0 Å². The molecule has 5 rings (SSSR count). The van der Waals surface area contributed by atoms with E-state index in [1.54, 1.807) is 0 Å². The Kier molecular flexibility index (Phi) is 4.36. The Bertz CT molecular complexity index is 1210. The predicted molar refractivity (Wildman–Crippen MR) is 115 cm³/mol. The van der Waals surface area contributed by atoms with Gasteiger partial charge in [-0.3, -0.25) is 4.79 Å². The summed E-state index contributed by atoms with van der Waals surface area (Å²) >= 11 is 3.45. The number of carbonyl (C=O) groups excluding carboxylic acids is 1. The van der Waals surface area contributed by atoms with E-state index in [9.17, 15) is 4.79 Å². The van der Waals surface area contributed by atoms with E-state index in [4.69, 9.17) is 5.10 Å². The van der Waals surface area contributed by atoms with Crippen molar-refractivity contribution in [3.05, 3.63) is 99.9 Å². The lowest BCUT2D eigenvalue weighted by Gasteiger charge is -2.18. The van der Waals surface area contributed by atoms with Crippen LogP contribution in [0.2, 0.25) is 0 Å². The average Bonchev–Trinajstić information content (AvgIpc) is 3.43. The van der Waals surface area contributed by atoms with Gasteiger partial charge in [0.1, 0.15) is 5.82 Å². The number of halogens is 1. The number of hydrogen-bond donors (Lipinski definition) is 0. The number of amides is 1. The second kappa shape index (κ2) is 7.04. The molecule has 0 N–H and O–H groups in total. The largest absolute Gasteiger partial charge is 0.328 e. The van der Waals surface area contributed by atoms with Gasteiger partial charge in [-0.15, -0.1) is 0 Å². The third-order valence-electron chi connectivity index (χ3n) is 5.18. The van der Waals surface area contributed by atoms with Gasteiger partial charge in [-0.1, -0.05) is 34.1 Å². The Morgan fingerprint density at radius 1 is 1.00 bits per heavy atom. The highest BCUT2D eigenvalue weighted by molar-refractivity contribution is 9.10. The molecule has 0 unspecified atom stereocenters. The van der Waals surface area contributed by atoms with Crippen molar-refractivity contribution in [1.29, 1.82) is 0 Å². The Morgan fingerprint density at radius 3 is 2.55 bits per heavy atom. The molecule has 0 saturated carbocycles. The maximum Gasteiger partial charge on any atom is 0.254 e. The minimum atomic E-state index is 0.0184. The number of fused-ring (bicyclic) bond motifs is 1. The van der Waals surface area contributed by atoms with Crippen LogP contribution >= 0.6 is 15.9 Å². The first-order valence-electron chi connectivity index (χ1n) is 9.46. The van der Waals surface area contributed by atoms with Crippen LogP contribution in [0.3, 0.4) is 0 Å². The molecule has 1 amide bonds. The van der Waals surface area contributed by atoms with Crippen molar-refractivity contribution >= 4 is 21.8 Å². The molecule has 0 bridgehead atoms. The zero-order valence-corrected chi connectivity index (χ0v) is 17.5. The van der Waals surface area contributed by atoms with Gasteiger partial charge < -0.3 is 9.47 Å². The molecule has 0 saturated heterocycles. The fraction of sp³-hybridized carbons (Fsp3) is 0.130. The molecule has 0 spiro atoms. The standard InChI is InChI=1S/C23H19BrN4O/c1-16-6-4-9-19(12-16)28-22(26-10-2-3-11-26)20-14-27(15-21(20)25-28)23(29)17-7-5-8-18(24)13-17/h2-13H,14-15H2,1H3. The van der Waals surface area contributed by atoms with Crippen molar-refractivity contribution in [1.82, 2.24) is 19.2 Å². The van der Waals surface area contributed by atoms with Crippen molar-refractivity contribution in [3.8, 4) is 11.5 Å². The minimum absolute atomic E-state index is 0.0184. The summed E-state index contributed by atoms with van der Waals surface area (Å²) in [5.74, 6) is 1.00. The summed E-state index contributed by atoms with van der Waals surface area (Å²) in [7, 11) is 0. The predicted octanol–water partition coefficient (Wildman–Crippen LogP) is 4.89. The lowest BCUT2D eigenvalue weighted by molar-refractivity contribution is 0.0749. The number of benzene rings is 2. The summed E-state index contributed by atoms with van der Waals surface area (Å²) in [5, 5.41) is 4.89. The van der Waals surface area contributed by atoms with E-state index < -0.39 is 0 Å². The monoisotopic (exact) mass is 446 g/mol. The molecule has 6 heteroatoms. The summed E-state index contributed by atoms with van der Waals surface area (Å²) < 4.78 is 4.96. The summed E-state index contributed by atoms with van der Waals surface area (Å²) in [6.45, 7) is 3.13. The van der Waals surface area contributed by atoms with E-state index in [0.717, 1.165) is 27.2 Å². The second-order valence-electron chi connectivity index (χ2n) is 7.26. The summed E-state index contributed by atoms with van der Waals surface area (Å²) in [6.07, 6.45) is 4.03. The van der Waals surface area contributed by atoms with Crippen LogP contribution in [0.1, 0.15) is 27.2 Å². The molecule has 0 fully saturated rings. The van der Waals surface area contributed by atoms with Crippen LogP contribution in [0.5, 0.6) is 0 Å². The van der Waals surface area contributed by atoms with Gasteiger partial charge in [0.25, 0.3) is 5.91 Å². The minimum Gasteiger partial charge on any atom is -0.328 e. The van der Waals surface area contributed by atoms with Crippen molar-refractivity contribution < 1.29 is 4.79 Å². The smallest absolute Gasteiger partial charge is 0.254 e. The third-order valence-corrected chi connectivity index (χ3v) is 5.68. The van der Waals surface area contributed by atoms with E-state index in [2.05, 4.69) is 45.6 Å². The van der Waals surface area contributed by atoms with Gasteiger partial charge in [0.2, 0.25) is 0 Å². The van der Waals surface area contributed by atoms with E-state index in [1.807, 2.05) is 64.4 Å². The number of hydrogen-bond acceptors (Lipinski definition) is 2. The van der Waals surface area contributed by atoms with Crippen LogP contribution in [-0.4, -0.2) is 25.2 Å². The Hall–Kier alpha value is -3.12. The number of carbonyl (C=O) groups is 1. The molecule has 1 aliphatic heterocycles. The first kappa shape index (κ1) is 17.9. The molecule has 4 aromatic rings. The zero-order chi connectivity index (χ0) is 20.0. The lowest BCUT2D eigenvalue weighted by Crippen LogP contribution is -2.26. The zero-order valence-electron chi connectivity index (χ0n) is 15.9. The molecule has 0 atom stereocenters. The number of aryl methyl sites for hydroxylation is 1.